The average Bonchev–Trinajstić information content (AvgIpc) is 3.18. The molecule has 1 amide bonds. The number of aliphatic hydroxyl groups is 1. The number of thiazole rings is 1. The number of nitrogens with zero attached hydrogens (tertiary/aromatic N) is 2. The van der Waals surface area contributed by atoms with Gasteiger partial charge in [-0.3, -0.25) is 14.5 Å². The van der Waals surface area contributed by atoms with E-state index in [9.17, 15) is 19.1 Å². The van der Waals surface area contributed by atoms with Crippen molar-refractivity contribution in [1.82, 2.24) is 4.98 Å². The first-order valence-electron chi connectivity index (χ1n) is 8.94. The number of carbonyl (C=O) groups is 2. The third-order valence-corrected chi connectivity index (χ3v) is 5.97. The number of aromatic nitrogens is 1. The number of Topliss-reactive ketones (excluding diaryl/α,β-unsaturated/α-hetero) is 1. The van der Waals surface area contributed by atoms with Crippen molar-refractivity contribution < 1.29 is 19.1 Å². The number of halogens is 1. The second-order valence-electron chi connectivity index (χ2n) is 6.72. The van der Waals surface area contributed by atoms with Crippen molar-refractivity contribution in [2.75, 3.05) is 4.90 Å². The highest BCUT2D eigenvalue weighted by molar-refractivity contribution is 7.16. The van der Waals surface area contributed by atoms with Crippen LogP contribution in [-0.2, 0) is 9.59 Å². The predicted octanol–water partition coefficient (Wildman–Crippen LogP) is 4.53. The first-order chi connectivity index (χ1) is 13.9. The molecule has 1 aliphatic heterocycles. The van der Waals surface area contributed by atoms with Gasteiger partial charge in [-0.25, -0.2) is 9.37 Å². The molecule has 146 valence electrons. The van der Waals surface area contributed by atoms with Crippen LogP contribution in [0.2, 0.25) is 0 Å². The highest BCUT2D eigenvalue weighted by Gasteiger charge is 2.48. The number of benzene rings is 2. The number of ketones is 1. The molecule has 0 spiro atoms. The predicted molar refractivity (Wildman–Crippen MR) is 109 cm³/mol. The average molecular weight is 408 g/mol. The van der Waals surface area contributed by atoms with E-state index >= 15 is 0 Å². The number of hydrogen-bond acceptors (Lipinski definition) is 5. The van der Waals surface area contributed by atoms with E-state index in [0.29, 0.717) is 10.7 Å². The van der Waals surface area contributed by atoms with E-state index in [1.807, 2.05) is 19.9 Å². The van der Waals surface area contributed by atoms with E-state index in [4.69, 9.17) is 0 Å². The summed E-state index contributed by atoms with van der Waals surface area (Å²) in [6.45, 7) is 3.73. The minimum Gasteiger partial charge on any atom is -0.507 e. The van der Waals surface area contributed by atoms with Crippen LogP contribution in [0.3, 0.4) is 0 Å². The standard InChI is InChI=1S/C22H17FN2O3S/c1-12-13(2)29-22(24-12)25-18(14-6-4-3-5-7-14)17(20(27)21(25)28)19(26)15-8-10-16(23)11-9-15/h3-11,18,26H,1-2H3/b19-17+. The van der Waals surface area contributed by atoms with Gasteiger partial charge in [0.15, 0.2) is 5.13 Å². The lowest BCUT2D eigenvalue weighted by atomic mass is 9.95. The van der Waals surface area contributed by atoms with Crippen LogP contribution in [-0.4, -0.2) is 21.8 Å². The largest absolute Gasteiger partial charge is 0.507 e. The molecule has 1 aromatic heterocycles. The number of carbonyl (C=O) groups excluding carboxylic acids is 2. The van der Waals surface area contributed by atoms with E-state index in [2.05, 4.69) is 4.98 Å². The molecule has 7 heteroatoms. The molecule has 0 saturated carbocycles. The lowest BCUT2D eigenvalue weighted by molar-refractivity contribution is -0.132. The first-order valence-corrected chi connectivity index (χ1v) is 9.76. The SMILES string of the molecule is Cc1nc(N2C(=O)C(=O)/C(=C(/O)c3ccc(F)cc3)C2c2ccccc2)sc1C. The van der Waals surface area contributed by atoms with E-state index in [1.165, 1.54) is 40.5 Å². The summed E-state index contributed by atoms with van der Waals surface area (Å²) in [4.78, 5) is 32.6. The quantitative estimate of drug-likeness (QED) is 0.393. The van der Waals surface area contributed by atoms with Gasteiger partial charge in [0.1, 0.15) is 11.6 Å². The van der Waals surface area contributed by atoms with Crippen LogP contribution < -0.4 is 4.90 Å². The Morgan fingerprint density at radius 1 is 1.07 bits per heavy atom. The Kier molecular flexibility index (Phi) is 4.76. The van der Waals surface area contributed by atoms with E-state index in [0.717, 1.165) is 10.6 Å². The minimum atomic E-state index is -0.828. The van der Waals surface area contributed by atoms with Crippen molar-refractivity contribution >= 4 is 33.9 Å². The van der Waals surface area contributed by atoms with Crippen molar-refractivity contribution in [2.24, 2.45) is 0 Å². The van der Waals surface area contributed by atoms with E-state index in [-0.39, 0.29) is 16.9 Å². The van der Waals surface area contributed by atoms with Gasteiger partial charge < -0.3 is 5.11 Å². The Morgan fingerprint density at radius 3 is 2.31 bits per heavy atom. The van der Waals surface area contributed by atoms with Crippen LogP contribution in [0.25, 0.3) is 5.76 Å². The number of anilines is 1. The Labute approximate surface area is 170 Å². The number of rotatable bonds is 3. The number of hydrogen-bond donors (Lipinski definition) is 1. The van der Waals surface area contributed by atoms with Crippen LogP contribution in [0.5, 0.6) is 0 Å². The summed E-state index contributed by atoms with van der Waals surface area (Å²) in [6.07, 6.45) is 0. The molecule has 1 aliphatic rings. The maximum atomic E-state index is 13.3. The van der Waals surface area contributed by atoms with Gasteiger partial charge >= 0.3 is 5.91 Å². The molecule has 0 bridgehead atoms. The van der Waals surface area contributed by atoms with Crippen molar-refractivity contribution in [3.63, 3.8) is 0 Å². The fourth-order valence-corrected chi connectivity index (χ4v) is 4.24. The first kappa shape index (κ1) is 19.0. The highest BCUT2D eigenvalue weighted by Crippen LogP contribution is 2.43. The molecule has 2 heterocycles. The summed E-state index contributed by atoms with van der Waals surface area (Å²) in [5, 5.41) is 11.3. The van der Waals surface area contributed by atoms with E-state index in [1.54, 1.807) is 24.3 Å². The third-order valence-electron chi connectivity index (χ3n) is 4.90. The molecule has 29 heavy (non-hydrogen) atoms. The summed E-state index contributed by atoms with van der Waals surface area (Å²) >= 11 is 1.32. The van der Waals surface area contributed by atoms with Crippen LogP contribution in [0, 0.1) is 19.7 Å². The van der Waals surface area contributed by atoms with Gasteiger partial charge in [-0.05, 0) is 43.7 Å². The number of aliphatic hydroxyl groups excluding tert-OH is 1. The van der Waals surface area contributed by atoms with Crippen molar-refractivity contribution in [2.45, 2.75) is 19.9 Å². The molecule has 0 aliphatic carbocycles. The van der Waals surface area contributed by atoms with Gasteiger partial charge in [0.05, 0.1) is 17.3 Å². The number of amides is 1. The maximum Gasteiger partial charge on any atom is 0.301 e. The van der Waals surface area contributed by atoms with Crippen LogP contribution >= 0.6 is 11.3 Å². The maximum absolute atomic E-state index is 13.3. The Bertz CT molecular complexity index is 1120. The molecule has 0 radical (unpaired) electrons. The molecular formula is C22H17FN2O3S. The number of aryl methyl sites for hydroxylation is 2. The molecule has 2 aromatic carbocycles. The minimum absolute atomic E-state index is 0.0432. The second-order valence-corrected chi connectivity index (χ2v) is 7.91. The fraction of sp³-hybridized carbons (Fsp3) is 0.136. The van der Waals surface area contributed by atoms with Gasteiger partial charge in [0.2, 0.25) is 0 Å². The third kappa shape index (κ3) is 3.23. The Balaban J connectivity index is 1.94. The summed E-state index contributed by atoms with van der Waals surface area (Å²) in [7, 11) is 0. The zero-order valence-corrected chi connectivity index (χ0v) is 16.5. The molecule has 1 N–H and O–H groups in total. The van der Waals surface area contributed by atoms with Crippen molar-refractivity contribution in [3.8, 4) is 0 Å². The Morgan fingerprint density at radius 2 is 1.72 bits per heavy atom. The summed E-state index contributed by atoms with van der Waals surface area (Å²) in [5.74, 6) is -2.36. The van der Waals surface area contributed by atoms with Gasteiger partial charge in [-0.1, -0.05) is 30.3 Å². The molecule has 3 aromatic rings. The Hall–Kier alpha value is -3.32. The molecule has 1 fully saturated rings. The monoisotopic (exact) mass is 408 g/mol. The summed E-state index contributed by atoms with van der Waals surface area (Å²) in [5.41, 5.74) is 1.66. The topological polar surface area (TPSA) is 70.5 Å². The zero-order valence-electron chi connectivity index (χ0n) is 15.7. The normalized spacial score (nSPS) is 18.4. The molecular weight excluding hydrogens is 391 g/mol. The molecule has 1 atom stereocenters. The van der Waals surface area contributed by atoms with Gasteiger partial charge in [-0.2, -0.15) is 0 Å². The molecule has 4 rings (SSSR count). The van der Waals surface area contributed by atoms with Crippen LogP contribution in [0.15, 0.2) is 60.2 Å². The van der Waals surface area contributed by atoms with Crippen molar-refractivity contribution in [3.05, 3.63) is 87.7 Å². The highest BCUT2D eigenvalue weighted by atomic mass is 32.1. The molecule has 1 unspecified atom stereocenters. The zero-order chi connectivity index (χ0) is 20.7. The lowest BCUT2D eigenvalue weighted by Gasteiger charge is -2.23. The van der Waals surface area contributed by atoms with Gasteiger partial charge in [0, 0.05) is 10.4 Å². The summed E-state index contributed by atoms with van der Waals surface area (Å²) < 4.78 is 13.3. The van der Waals surface area contributed by atoms with Crippen LogP contribution in [0.1, 0.15) is 27.7 Å². The fourth-order valence-electron chi connectivity index (χ4n) is 3.30. The smallest absolute Gasteiger partial charge is 0.301 e. The summed E-state index contributed by atoms with van der Waals surface area (Å²) in [6, 6.07) is 13.3. The molecule has 1 saturated heterocycles. The van der Waals surface area contributed by atoms with Crippen LogP contribution in [0.4, 0.5) is 9.52 Å². The lowest BCUT2D eigenvalue weighted by Crippen LogP contribution is -2.29. The van der Waals surface area contributed by atoms with E-state index < -0.39 is 23.5 Å². The van der Waals surface area contributed by atoms with Gasteiger partial charge in [-0.15, -0.1) is 11.3 Å². The second kappa shape index (κ2) is 7.25. The molecule has 5 nitrogen and oxygen atoms in total. The van der Waals surface area contributed by atoms with Gasteiger partial charge in [0.25, 0.3) is 5.78 Å². The van der Waals surface area contributed by atoms with Crippen molar-refractivity contribution in [1.29, 1.82) is 0 Å².